The highest BCUT2D eigenvalue weighted by molar-refractivity contribution is 6.02. The average molecular weight is 260 g/mol. The third-order valence-corrected chi connectivity index (χ3v) is 2.45. The summed E-state index contributed by atoms with van der Waals surface area (Å²) in [5.41, 5.74) is 1.29. The fraction of sp³-hybridized carbons (Fsp3) is 0.154. The minimum atomic E-state index is -0.430. The predicted molar refractivity (Wildman–Crippen MR) is 70.7 cm³/mol. The Balaban J connectivity index is 2.15. The van der Waals surface area contributed by atoms with Gasteiger partial charge in [-0.05, 0) is 42.8 Å². The highest BCUT2D eigenvalue weighted by Crippen LogP contribution is 2.14. The average Bonchev–Trinajstić information content (AvgIpc) is 2.37. The summed E-state index contributed by atoms with van der Waals surface area (Å²) in [4.78, 5) is 11.9. The van der Waals surface area contributed by atoms with Gasteiger partial charge in [0.15, 0.2) is 5.69 Å². The number of carbonyl (C=O) groups excluding carboxylic acids is 1. The lowest BCUT2D eigenvalue weighted by molar-refractivity contribution is 0.102. The number of carbonyl (C=O) groups is 1. The second-order valence-corrected chi connectivity index (χ2v) is 4.03. The topological polar surface area (TPSA) is 66.9 Å². The number of hydrogen-bond acceptors (Lipinski definition) is 4. The van der Waals surface area contributed by atoms with Crippen molar-refractivity contribution in [3.05, 3.63) is 47.4 Å². The van der Waals surface area contributed by atoms with Gasteiger partial charge in [-0.3, -0.25) is 4.79 Å². The van der Waals surface area contributed by atoms with Crippen LogP contribution in [-0.4, -0.2) is 23.2 Å². The van der Waals surface area contributed by atoms with Crippen LogP contribution in [0.2, 0.25) is 0 Å². The van der Waals surface area contributed by atoms with E-state index in [-0.39, 0.29) is 5.69 Å². The molecule has 0 fully saturated rings. The van der Waals surface area contributed by atoms with E-state index in [1.165, 1.54) is 12.1 Å². The quantitative estimate of drug-likeness (QED) is 0.888. The number of rotatable bonds is 3. The number of nitrogens with zero attached hydrogens (tertiary/aromatic N) is 2. The third kappa shape index (κ3) is 3.25. The number of nitrogens with one attached hydrogen (secondary N) is 2. The molecule has 0 atom stereocenters. The molecule has 1 amide bonds. The minimum Gasteiger partial charge on any atom is -0.372 e. The first-order chi connectivity index (χ1) is 9.08. The van der Waals surface area contributed by atoms with Crippen molar-refractivity contribution in [2.45, 2.75) is 6.92 Å². The number of aryl methyl sites for hydroxylation is 1. The Labute approximate surface area is 109 Å². The monoisotopic (exact) mass is 260 g/mol. The van der Waals surface area contributed by atoms with Crippen LogP contribution in [0.3, 0.4) is 0 Å². The summed E-state index contributed by atoms with van der Waals surface area (Å²) in [7, 11) is 1.71. The molecule has 0 saturated carbocycles. The molecule has 0 spiro atoms. The largest absolute Gasteiger partial charge is 0.372 e. The van der Waals surface area contributed by atoms with Gasteiger partial charge in [0.2, 0.25) is 0 Å². The first kappa shape index (κ1) is 12.9. The second kappa shape index (κ2) is 5.43. The molecule has 2 rings (SSSR count). The summed E-state index contributed by atoms with van der Waals surface area (Å²) < 4.78 is 13.2. The van der Waals surface area contributed by atoms with Crippen molar-refractivity contribution in [3.63, 3.8) is 0 Å². The van der Waals surface area contributed by atoms with Gasteiger partial charge in [0, 0.05) is 12.7 Å². The molecule has 19 heavy (non-hydrogen) atoms. The van der Waals surface area contributed by atoms with E-state index in [0.29, 0.717) is 11.5 Å². The molecule has 1 heterocycles. The first-order valence-electron chi connectivity index (χ1n) is 5.68. The molecule has 0 unspecified atom stereocenters. The Morgan fingerprint density at radius 1 is 1.21 bits per heavy atom. The Morgan fingerprint density at radius 3 is 2.58 bits per heavy atom. The molecule has 0 radical (unpaired) electrons. The van der Waals surface area contributed by atoms with Gasteiger partial charge in [0.25, 0.3) is 5.91 Å². The molecule has 5 nitrogen and oxygen atoms in total. The lowest BCUT2D eigenvalue weighted by Gasteiger charge is -2.06. The molecule has 0 aliphatic carbocycles. The van der Waals surface area contributed by atoms with E-state index in [1.807, 2.05) is 0 Å². The maximum Gasteiger partial charge on any atom is 0.276 e. The zero-order valence-corrected chi connectivity index (χ0v) is 10.6. The van der Waals surface area contributed by atoms with Crippen LogP contribution in [0.1, 0.15) is 16.1 Å². The molecular formula is C13H13FN4O. The highest BCUT2D eigenvalue weighted by atomic mass is 19.1. The molecular weight excluding hydrogens is 247 g/mol. The minimum absolute atomic E-state index is 0.168. The molecule has 6 heteroatoms. The van der Waals surface area contributed by atoms with Gasteiger partial charge < -0.3 is 10.6 Å². The van der Waals surface area contributed by atoms with Crippen molar-refractivity contribution in [2.24, 2.45) is 0 Å². The normalized spacial score (nSPS) is 10.1. The summed E-state index contributed by atoms with van der Waals surface area (Å²) in [6, 6.07) is 7.49. The van der Waals surface area contributed by atoms with Gasteiger partial charge in [-0.2, -0.15) is 0 Å². The number of benzene rings is 1. The third-order valence-electron chi connectivity index (χ3n) is 2.45. The Bertz CT molecular complexity index is 578. The molecule has 2 N–H and O–H groups in total. The smallest absolute Gasteiger partial charge is 0.276 e. The Kier molecular flexibility index (Phi) is 3.70. The van der Waals surface area contributed by atoms with Crippen molar-refractivity contribution in [3.8, 4) is 0 Å². The van der Waals surface area contributed by atoms with Gasteiger partial charge in [0.1, 0.15) is 11.6 Å². The lowest BCUT2D eigenvalue weighted by Crippen LogP contribution is -2.14. The summed E-state index contributed by atoms with van der Waals surface area (Å²) in [5.74, 6) is -0.259. The van der Waals surface area contributed by atoms with Crippen LogP contribution >= 0.6 is 0 Å². The summed E-state index contributed by atoms with van der Waals surface area (Å²) in [5, 5.41) is 12.9. The zero-order chi connectivity index (χ0) is 13.8. The number of hydrogen-bond donors (Lipinski definition) is 2. The van der Waals surface area contributed by atoms with Crippen molar-refractivity contribution in [1.29, 1.82) is 0 Å². The van der Waals surface area contributed by atoms with Crippen molar-refractivity contribution < 1.29 is 9.18 Å². The van der Waals surface area contributed by atoms with E-state index >= 15 is 0 Å². The molecule has 98 valence electrons. The van der Waals surface area contributed by atoms with Crippen LogP contribution in [-0.2, 0) is 0 Å². The van der Waals surface area contributed by atoms with Crippen LogP contribution in [0.5, 0.6) is 0 Å². The van der Waals surface area contributed by atoms with Crippen LogP contribution in [0, 0.1) is 12.7 Å². The van der Waals surface area contributed by atoms with E-state index in [9.17, 15) is 9.18 Å². The van der Waals surface area contributed by atoms with Crippen molar-refractivity contribution in [2.75, 3.05) is 17.7 Å². The maximum atomic E-state index is 13.2. The van der Waals surface area contributed by atoms with E-state index in [0.717, 1.165) is 5.56 Å². The van der Waals surface area contributed by atoms with Crippen molar-refractivity contribution >= 4 is 17.4 Å². The molecule has 1 aromatic carbocycles. The number of amides is 1. The molecule has 2 aromatic rings. The van der Waals surface area contributed by atoms with Gasteiger partial charge in [-0.25, -0.2) is 4.39 Å². The predicted octanol–water partition coefficient (Wildman–Crippen LogP) is 2.22. The second-order valence-electron chi connectivity index (χ2n) is 4.03. The summed E-state index contributed by atoms with van der Waals surface area (Å²) in [6.45, 7) is 1.75. The lowest BCUT2D eigenvalue weighted by atomic mass is 10.2. The standard InChI is InChI=1S/C13H13FN4O/c1-8-5-9(14)7-10(6-8)16-13(19)11-3-4-12(15-2)18-17-11/h3-7H,1-2H3,(H,15,18)(H,16,19). The molecule has 0 aliphatic rings. The van der Waals surface area contributed by atoms with E-state index in [2.05, 4.69) is 20.8 Å². The fourth-order valence-corrected chi connectivity index (χ4v) is 1.59. The number of halogens is 1. The Hall–Kier alpha value is -2.50. The van der Waals surface area contributed by atoms with Crippen LogP contribution in [0.15, 0.2) is 30.3 Å². The maximum absolute atomic E-state index is 13.2. The van der Waals surface area contributed by atoms with E-state index < -0.39 is 11.7 Å². The molecule has 0 bridgehead atoms. The summed E-state index contributed by atoms with van der Waals surface area (Å²) >= 11 is 0. The van der Waals surface area contributed by atoms with E-state index in [4.69, 9.17) is 0 Å². The highest BCUT2D eigenvalue weighted by Gasteiger charge is 2.09. The van der Waals surface area contributed by atoms with Crippen LogP contribution < -0.4 is 10.6 Å². The molecule has 1 aromatic heterocycles. The van der Waals surface area contributed by atoms with Gasteiger partial charge in [0.05, 0.1) is 0 Å². The number of aromatic nitrogens is 2. The van der Waals surface area contributed by atoms with Gasteiger partial charge >= 0.3 is 0 Å². The molecule has 0 aliphatic heterocycles. The van der Waals surface area contributed by atoms with E-state index in [1.54, 1.807) is 32.2 Å². The Morgan fingerprint density at radius 2 is 2.00 bits per heavy atom. The number of anilines is 2. The first-order valence-corrected chi connectivity index (χ1v) is 5.68. The van der Waals surface area contributed by atoms with Gasteiger partial charge in [-0.15, -0.1) is 10.2 Å². The fourth-order valence-electron chi connectivity index (χ4n) is 1.59. The zero-order valence-electron chi connectivity index (χ0n) is 10.6. The van der Waals surface area contributed by atoms with Crippen LogP contribution in [0.25, 0.3) is 0 Å². The SMILES string of the molecule is CNc1ccc(C(=O)Nc2cc(C)cc(F)c2)nn1. The van der Waals surface area contributed by atoms with Gasteiger partial charge in [-0.1, -0.05) is 0 Å². The van der Waals surface area contributed by atoms with Crippen molar-refractivity contribution in [1.82, 2.24) is 10.2 Å². The summed E-state index contributed by atoms with van der Waals surface area (Å²) in [6.07, 6.45) is 0. The van der Waals surface area contributed by atoms with Crippen LogP contribution in [0.4, 0.5) is 15.9 Å². The molecule has 0 saturated heterocycles.